The summed E-state index contributed by atoms with van der Waals surface area (Å²) in [5.41, 5.74) is 3.82. The Hall–Kier alpha value is -3.17. The second-order valence-corrected chi connectivity index (χ2v) is 6.05. The van der Waals surface area contributed by atoms with Crippen LogP contribution in [0.25, 0.3) is 5.57 Å². The Kier molecular flexibility index (Phi) is 4.74. The molecule has 132 valence electrons. The molecule has 0 bridgehead atoms. The van der Waals surface area contributed by atoms with Crippen molar-refractivity contribution < 1.29 is 19.1 Å². The van der Waals surface area contributed by atoms with Crippen LogP contribution in [0.1, 0.15) is 22.3 Å². The summed E-state index contributed by atoms with van der Waals surface area (Å²) >= 11 is 0. The highest BCUT2D eigenvalue weighted by Gasteiger charge is 2.32. The zero-order valence-electron chi connectivity index (χ0n) is 14.8. The monoisotopic (exact) mass is 350 g/mol. The number of carbonyl (C=O) groups is 2. The fourth-order valence-electron chi connectivity index (χ4n) is 3.24. The van der Waals surface area contributed by atoms with Gasteiger partial charge in [0.05, 0.1) is 12.7 Å². The van der Waals surface area contributed by atoms with Crippen LogP contribution >= 0.6 is 0 Å². The van der Waals surface area contributed by atoms with E-state index >= 15 is 0 Å². The number of hydrogen-bond donors (Lipinski definition) is 0. The van der Waals surface area contributed by atoms with Gasteiger partial charge < -0.3 is 14.4 Å². The van der Waals surface area contributed by atoms with E-state index in [2.05, 4.69) is 6.07 Å². The van der Waals surface area contributed by atoms with Crippen LogP contribution in [0, 0.1) is 11.3 Å². The molecule has 0 N–H and O–H groups in total. The molecule has 0 fully saturated rings. The number of methoxy groups -OCH3 is 2. The number of nitriles is 1. The zero-order valence-corrected chi connectivity index (χ0v) is 14.8. The molecule has 0 amide bonds. The fourth-order valence-corrected chi connectivity index (χ4v) is 3.24. The third-order valence-electron chi connectivity index (χ3n) is 4.49. The van der Waals surface area contributed by atoms with Gasteiger partial charge in [-0.15, -0.1) is 0 Å². The molecule has 6 nitrogen and oxygen atoms in total. The van der Waals surface area contributed by atoms with E-state index in [1.807, 2.05) is 6.07 Å². The fraction of sp³-hybridized carbons (Fsp3) is 0.250. The number of Topliss-reactive ketones (excluding diaryl/α,β-unsaturated/α-hetero) is 1. The molecule has 1 unspecified atom stereocenters. The Morgan fingerprint density at radius 3 is 2.77 bits per heavy atom. The molecule has 1 heterocycles. The van der Waals surface area contributed by atoms with E-state index in [4.69, 9.17) is 9.47 Å². The number of ether oxygens (including phenoxy) is 2. The highest BCUT2D eigenvalue weighted by atomic mass is 16.5. The van der Waals surface area contributed by atoms with Crippen molar-refractivity contribution in [2.24, 2.45) is 0 Å². The number of fused-ring (bicyclic) bond motifs is 1. The molecule has 3 rings (SSSR count). The van der Waals surface area contributed by atoms with Gasteiger partial charge in [0.25, 0.3) is 0 Å². The summed E-state index contributed by atoms with van der Waals surface area (Å²) in [7, 11) is 4.57. The second-order valence-electron chi connectivity index (χ2n) is 6.05. The molecule has 1 aliphatic carbocycles. The number of rotatable bonds is 3. The van der Waals surface area contributed by atoms with Crippen LogP contribution in [-0.2, 0) is 14.3 Å². The Morgan fingerprint density at radius 1 is 1.35 bits per heavy atom. The van der Waals surface area contributed by atoms with Gasteiger partial charge in [-0.05, 0) is 34.9 Å². The summed E-state index contributed by atoms with van der Waals surface area (Å²) in [5.74, 6) is -0.479. The van der Waals surface area contributed by atoms with Crippen LogP contribution in [0.4, 0.5) is 0 Å². The third-order valence-corrected chi connectivity index (χ3v) is 4.49. The first kappa shape index (κ1) is 17.6. The van der Waals surface area contributed by atoms with E-state index in [1.54, 1.807) is 42.4 Å². The molecule has 0 saturated carbocycles. The summed E-state index contributed by atoms with van der Waals surface area (Å²) in [4.78, 5) is 25.8. The predicted molar refractivity (Wildman–Crippen MR) is 94.7 cm³/mol. The van der Waals surface area contributed by atoms with Crippen molar-refractivity contribution in [3.8, 4) is 6.07 Å². The van der Waals surface area contributed by atoms with Gasteiger partial charge in [-0.1, -0.05) is 12.1 Å². The minimum absolute atomic E-state index is 0.0287. The van der Waals surface area contributed by atoms with Crippen LogP contribution in [0.5, 0.6) is 0 Å². The first-order chi connectivity index (χ1) is 12.5. The Balaban J connectivity index is 2.21. The number of nitrogens with zero attached hydrogens (tertiary/aromatic N) is 2. The summed E-state index contributed by atoms with van der Waals surface area (Å²) in [5, 5.41) is 9.69. The minimum atomic E-state index is -0.649. The molecule has 0 radical (unpaired) electrons. The van der Waals surface area contributed by atoms with Gasteiger partial charge in [0, 0.05) is 32.4 Å². The first-order valence-electron chi connectivity index (χ1n) is 8.05. The number of benzene rings is 1. The van der Waals surface area contributed by atoms with Crippen molar-refractivity contribution in [1.29, 1.82) is 5.26 Å². The molecule has 6 heteroatoms. The summed E-state index contributed by atoms with van der Waals surface area (Å²) in [6.45, 7) is 0. The maximum atomic E-state index is 12.2. The lowest BCUT2D eigenvalue weighted by molar-refractivity contribution is -0.125. The largest absolute Gasteiger partial charge is 0.465 e. The molecular weight excluding hydrogens is 332 g/mol. The topological polar surface area (TPSA) is 79.6 Å². The Labute approximate surface area is 151 Å². The van der Waals surface area contributed by atoms with Gasteiger partial charge >= 0.3 is 5.97 Å². The van der Waals surface area contributed by atoms with E-state index in [1.165, 1.54) is 14.2 Å². The maximum absolute atomic E-state index is 12.2. The molecule has 0 spiro atoms. The van der Waals surface area contributed by atoms with Crippen molar-refractivity contribution in [1.82, 2.24) is 4.90 Å². The lowest BCUT2D eigenvalue weighted by Gasteiger charge is -2.31. The number of esters is 1. The van der Waals surface area contributed by atoms with Gasteiger partial charge in [0.1, 0.15) is 17.9 Å². The van der Waals surface area contributed by atoms with E-state index < -0.39 is 12.1 Å². The maximum Gasteiger partial charge on any atom is 0.337 e. The van der Waals surface area contributed by atoms with Gasteiger partial charge in [-0.3, -0.25) is 4.79 Å². The molecule has 1 atom stereocenters. The van der Waals surface area contributed by atoms with Gasteiger partial charge in [0.2, 0.25) is 0 Å². The van der Waals surface area contributed by atoms with Crippen molar-refractivity contribution in [3.63, 3.8) is 0 Å². The van der Waals surface area contributed by atoms with Crippen molar-refractivity contribution in [2.75, 3.05) is 21.3 Å². The molecule has 1 aromatic rings. The number of ketones is 1. The van der Waals surface area contributed by atoms with Crippen molar-refractivity contribution >= 4 is 17.3 Å². The van der Waals surface area contributed by atoms with Gasteiger partial charge in [0.15, 0.2) is 5.78 Å². The molecule has 26 heavy (non-hydrogen) atoms. The number of carbonyl (C=O) groups excluding carboxylic acids is 2. The lowest BCUT2D eigenvalue weighted by Crippen LogP contribution is -2.29. The van der Waals surface area contributed by atoms with E-state index in [9.17, 15) is 14.9 Å². The average Bonchev–Trinajstić information content (AvgIpc) is 2.65. The van der Waals surface area contributed by atoms with E-state index in [-0.39, 0.29) is 12.2 Å². The van der Waals surface area contributed by atoms with Crippen LogP contribution < -0.4 is 0 Å². The van der Waals surface area contributed by atoms with Gasteiger partial charge in [-0.2, -0.15) is 5.26 Å². The van der Waals surface area contributed by atoms with Gasteiger partial charge in [-0.25, -0.2) is 4.79 Å². The lowest BCUT2D eigenvalue weighted by atomic mass is 9.81. The van der Waals surface area contributed by atoms with Crippen molar-refractivity contribution in [2.45, 2.75) is 12.5 Å². The normalized spacial score (nSPS) is 19.4. The molecule has 0 saturated heterocycles. The van der Waals surface area contributed by atoms with Crippen LogP contribution in [0.3, 0.4) is 0 Å². The van der Waals surface area contributed by atoms with Crippen LogP contribution in [0.2, 0.25) is 0 Å². The molecule has 2 aliphatic rings. The first-order valence-corrected chi connectivity index (χ1v) is 8.05. The number of allylic oxidation sites excluding steroid dienone is 4. The smallest absolute Gasteiger partial charge is 0.337 e. The predicted octanol–water partition coefficient (Wildman–Crippen LogP) is 2.45. The quantitative estimate of drug-likeness (QED) is 0.779. The standard InChI is InChI=1S/C20H18N2O4/c1-22-11-14-8-17(23)18(25-2)9-15(14)19(16(22)10-21)12-5-4-6-13(7-12)20(24)26-3/h4-7,9,11,18H,8H2,1-3H3. The minimum Gasteiger partial charge on any atom is -0.465 e. The van der Waals surface area contributed by atoms with Crippen LogP contribution in [0.15, 0.2) is 53.4 Å². The van der Waals surface area contributed by atoms with Crippen LogP contribution in [-0.4, -0.2) is 44.0 Å². The average molecular weight is 350 g/mol. The summed E-state index contributed by atoms with van der Waals surface area (Å²) in [6, 6.07) is 9.13. The SMILES string of the molecule is COC(=O)c1cccc(C2=C(C#N)N(C)C=C3CC(=O)C(OC)C=C32)c1. The molecular formula is C20H18N2O4. The highest BCUT2D eigenvalue weighted by Crippen LogP contribution is 2.40. The van der Waals surface area contributed by atoms with E-state index in [0.717, 1.165) is 11.1 Å². The number of hydrogen-bond acceptors (Lipinski definition) is 6. The Bertz CT molecular complexity index is 918. The summed E-state index contributed by atoms with van der Waals surface area (Å²) in [6.07, 6.45) is 3.11. The molecule has 1 aromatic carbocycles. The second kappa shape index (κ2) is 6.98. The molecule has 0 aromatic heterocycles. The molecule has 1 aliphatic heterocycles. The van der Waals surface area contributed by atoms with E-state index in [0.29, 0.717) is 22.4 Å². The zero-order chi connectivity index (χ0) is 18.8. The Morgan fingerprint density at radius 2 is 2.12 bits per heavy atom. The van der Waals surface area contributed by atoms with Crippen molar-refractivity contribution in [3.05, 3.63) is 64.5 Å². The summed E-state index contributed by atoms with van der Waals surface area (Å²) < 4.78 is 10.1. The third kappa shape index (κ3) is 2.93. The highest BCUT2D eigenvalue weighted by molar-refractivity contribution is 5.99.